The van der Waals surface area contributed by atoms with Gasteiger partial charge < -0.3 is 0 Å². The highest BCUT2D eigenvalue weighted by atomic mass is 33.1. The van der Waals surface area contributed by atoms with E-state index in [0.717, 1.165) is 10.7 Å². The Hall–Kier alpha value is -1.37. The van der Waals surface area contributed by atoms with Gasteiger partial charge in [0.2, 0.25) is 0 Å². The first-order chi connectivity index (χ1) is 6.85. The van der Waals surface area contributed by atoms with Gasteiger partial charge in [0.15, 0.2) is 4.86 Å². The van der Waals surface area contributed by atoms with E-state index >= 15 is 0 Å². The van der Waals surface area contributed by atoms with Gasteiger partial charge in [-0.3, -0.25) is 4.98 Å². The number of rotatable bonds is 0. The summed E-state index contributed by atoms with van der Waals surface area (Å²) in [5.41, 5.74) is 0.892. The minimum atomic E-state index is -0.375. The molecule has 1 aliphatic heterocycles. The van der Waals surface area contributed by atoms with Crippen molar-refractivity contribution in [2.24, 2.45) is 0 Å². The predicted octanol–water partition coefficient (Wildman–Crippen LogP) is 1.49. The molecule has 2 rings (SSSR count). The van der Waals surface area contributed by atoms with E-state index in [1.165, 1.54) is 10.8 Å². The van der Waals surface area contributed by atoms with Crippen LogP contribution in [0.3, 0.4) is 0 Å². The fourth-order valence-corrected chi connectivity index (χ4v) is 4.54. The van der Waals surface area contributed by atoms with Crippen LogP contribution in [0.2, 0.25) is 0 Å². The summed E-state index contributed by atoms with van der Waals surface area (Å²) in [6, 6.07) is 3.84. The van der Waals surface area contributed by atoms with Crippen LogP contribution < -0.4 is 0 Å². The van der Waals surface area contributed by atoms with Gasteiger partial charge in [-0.25, -0.2) is 4.98 Å². The van der Waals surface area contributed by atoms with Crippen molar-refractivity contribution < 1.29 is 0 Å². The number of nitrogens with zero attached hydrogens (tertiary/aromatic N) is 4. The molecule has 2 heterocycles. The maximum Gasteiger partial charge on any atom is 0.163 e. The van der Waals surface area contributed by atoms with Crippen molar-refractivity contribution in [1.29, 1.82) is 10.5 Å². The zero-order valence-electron chi connectivity index (χ0n) is 6.97. The lowest BCUT2D eigenvalue weighted by Gasteiger charge is -1.92. The molecule has 0 radical (unpaired) electrons. The van der Waals surface area contributed by atoms with Gasteiger partial charge in [-0.05, 0) is 10.8 Å². The van der Waals surface area contributed by atoms with Gasteiger partial charge in [0.1, 0.15) is 17.2 Å². The van der Waals surface area contributed by atoms with Crippen LogP contribution in [-0.4, -0.2) is 14.8 Å². The van der Waals surface area contributed by atoms with Crippen molar-refractivity contribution in [3.63, 3.8) is 0 Å². The molecule has 1 aromatic heterocycles. The molecular formula is C8H4N4S2. The van der Waals surface area contributed by atoms with Gasteiger partial charge >= 0.3 is 0 Å². The van der Waals surface area contributed by atoms with Gasteiger partial charge in [-0.1, -0.05) is 9.52 Å². The number of aromatic nitrogens is 2. The first-order valence-corrected chi connectivity index (χ1v) is 6.44. The SMILES string of the molecule is N#CC(C#N)=S1Cc2nccnc2S1. The van der Waals surface area contributed by atoms with Gasteiger partial charge in [0, 0.05) is 18.1 Å². The third-order valence-electron chi connectivity index (χ3n) is 1.61. The molecule has 1 unspecified atom stereocenters. The number of nitriles is 2. The van der Waals surface area contributed by atoms with E-state index in [0.29, 0.717) is 5.75 Å². The van der Waals surface area contributed by atoms with E-state index in [2.05, 4.69) is 9.97 Å². The van der Waals surface area contributed by atoms with Gasteiger partial charge in [-0.15, -0.1) is 0 Å². The van der Waals surface area contributed by atoms with Crippen LogP contribution in [0.4, 0.5) is 0 Å². The molecule has 6 heteroatoms. The monoisotopic (exact) mass is 220 g/mol. The van der Waals surface area contributed by atoms with Crippen LogP contribution in [0.25, 0.3) is 0 Å². The summed E-state index contributed by atoms with van der Waals surface area (Å²) in [6.45, 7) is 0. The Labute approximate surface area is 86.9 Å². The zero-order valence-corrected chi connectivity index (χ0v) is 8.60. The Morgan fingerprint density at radius 2 is 2.07 bits per heavy atom. The first-order valence-electron chi connectivity index (χ1n) is 3.71. The van der Waals surface area contributed by atoms with Crippen LogP contribution in [-0.2, 0) is 5.75 Å². The highest BCUT2D eigenvalue weighted by Gasteiger charge is 2.20. The molecule has 1 aromatic rings. The van der Waals surface area contributed by atoms with E-state index in [1.54, 1.807) is 12.4 Å². The van der Waals surface area contributed by atoms with Crippen LogP contribution in [0.15, 0.2) is 17.4 Å². The Balaban J connectivity index is 2.43. The van der Waals surface area contributed by atoms with Crippen molar-refractivity contribution >= 4 is 25.2 Å². The second-order valence-corrected chi connectivity index (χ2v) is 6.08. The Kier molecular flexibility index (Phi) is 2.49. The lowest BCUT2D eigenvalue weighted by molar-refractivity contribution is 0.987. The molecule has 14 heavy (non-hydrogen) atoms. The normalized spacial score (nSPS) is 18.0. The predicted molar refractivity (Wildman–Crippen MR) is 55.4 cm³/mol. The second kappa shape index (κ2) is 3.79. The van der Waals surface area contributed by atoms with Crippen molar-refractivity contribution in [1.82, 2.24) is 9.97 Å². The average Bonchev–Trinajstić information content (AvgIpc) is 2.63. The highest BCUT2D eigenvalue weighted by molar-refractivity contribution is 8.84. The smallest absolute Gasteiger partial charge is 0.163 e. The minimum absolute atomic E-state index is 0.273. The van der Waals surface area contributed by atoms with Crippen molar-refractivity contribution in [2.45, 2.75) is 10.8 Å². The molecule has 0 saturated carbocycles. The maximum atomic E-state index is 8.71. The van der Waals surface area contributed by atoms with E-state index in [4.69, 9.17) is 10.5 Å². The van der Waals surface area contributed by atoms with E-state index in [9.17, 15) is 0 Å². The van der Waals surface area contributed by atoms with Crippen LogP contribution in [0, 0.1) is 22.7 Å². The van der Waals surface area contributed by atoms with Gasteiger partial charge in [0.25, 0.3) is 0 Å². The minimum Gasteiger partial charge on any atom is -0.256 e. The number of hydrogen-bond acceptors (Lipinski definition) is 5. The lowest BCUT2D eigenvalue weighted by Crippen LogP contribution is -1.88. The molecule has 0 aliphatic carbocycles. The molecule has 1 atom stereocenters. The largest absolute Gasteiger partial charge is 0.256 e. The number of hydrogen-bond donors (Lipinski definition) is 0. The molecule has 0 fully saturated rings. The van der Waals surface area contributed by atoms with Crippen molar-refractivity contribution in [3.8, 4) is 12.1 Å². The first kappa shape index (κ1) is 9.20. The summed E-state index contributed by atoms with van der Waals surface area (Å²) in [5.74, 6) is 0.657. The summed E-state index contributed by atoms with van der Waals surface area (Å²) in [6.07, 6.45) is 3.25. The molecule has 0 saturated heterocycles. The Morgan fingerprint density at radius 3 is 2.71 bits per heavy atom. The second-order valence-electron chi connectivity index (χ2n) is 2.43. The molecule has 0 bridgehead atoms. The van der Waals surface area contributed by atoms with Gasteiger partial charge in [0.05, 0.1) is 5.69 Å². The van der Waals surface area contributed by atoms with Crippen LogP contribution in [0.5, 0.6) is 0 Å². The molecule has 0 N–H and O–H groups in total. The molecule has 1 aliphatic rings. The fourth-order valence-electron chi connectivity index (χ4n) is 1.01. The maximum absolute atomic E-state index is 8.71. The van der Waals surface area contributed by atoms with Crippen LogP contribution >= 0.6 is 20.3 Å². The topological polar surface area (TPSA) is 73.4 Å². The van der Waals surface area contributed by atoms with E-state index in [-0.39, 0.29) is 14.4 Å². The van der Waals surface area contributed by atoms with Gasteiger partial charge in [-0.2, -0.15) is 10.5 Å². The van der Waals surface area contributed by atoms with Crippen LogP contribution in [0.1, 0.15) is 5.69 Å². The number of fused-ring (bicyclic) bond motifs is 1. The molecule has 0 aromatic carbocycles. The summed E-state index contributed by atoms with van der Waals surface area (Å²) < 4.78 is 0. The fraction of sp³-hybridized carbons (Fsp3) is 0.125. The summed E-state index contributed by atoms with van der Waals surface area (Å²) in [7, 11) is 1.09. The average molecular weight is 220 g/mol. The Bertz CT molecular complexity index is 452. The van der Waals surface area contributed by atoms with E-state index < -0.39 is 0 Å². The third-order valence-corrected chi connectivity index (χ3v) is 5.42. The summed E-state index contributed by atoms with van der Waals surface area (Å²) in [4.78, 5) is 8.56. The highest BCUT2D eigenvalue weighted by Crippen LogP contribution is 2.48. The summed E-state index contributed by atoms with van der Waals surface area (Å²) in [5, 5.41) is 18.3. The molecule has 0 spiro atoms. The standard InChI is InChI=1S/C8H4N4S2/c9-3-6(4-10)14-5-7-8(13-14)12-2-1-11-7/h1-2H,5H2. The Morgan fingerprint density at radius 1 is 1.36 bits per heavy atom. The quantitative estimate of drug-likeness (QED) is 0.489. The summed E-state index contributed by atoms with van der Waals surface area (Å²) >= 11 is 0. The van der Waals surface area contributed by atoms with Crippen molar-refractivity contribution in [3.05, 3.63) is 18.1 Å². The molecular weight excluding hydrogens is 216 g/mol. The van der Waals surface area contributed by atoms with Crippen molar-refractivity contribution in [2.75, 3.05) is 0 Å². The lowest BCUT2D eigenvalue weighted by atomic mass is 10.5. The molecule has 68 valence electrons. The molecule has 0 amide bonds. The zero-order chi connectivity index (χ0) is 9.97. The molecule has 4 nitrogen and oxygen atoms in total. The van der Waals surface area contributed by atoms with E-state index in [1.807, 2.05) is 12.1 Å². The third kappa shape index (κ3) is 1.50.